The fraction of sp³-hybridized carbons (Fsp3) is 0.600. The first-order valence-corrected chi connectivity index (χ1v) is 2.59. The number of hydrogen-bond acceptors (Lipinski definition) is 3. The Kier molecular flexibility index (Phi) is 9.22. The third kappa shape index (κ3) is 28.6. The molecule has 3 N–H and O–H groups in total. The molecule has 0 aliphatic carbocycles. The van der Waals surface area contributed by atoms with Crippen molar-refractivity contribution < 1.29 is 24.9 Å². The van der Waals surface area contributed by atoms with Crippen LogP contribution in [0.5, 0.6) is 0 Å². The van der Waals surface area contributed by atoms with Crippen LogP contribution >= 0.6 is 0 Å². The van der Waals surface area contributed by atoms with E-state index in [1.807, 2.05) is 0 Å². The number of rotatable bonds is 2. The average Bonchev–Trinajstić information content (AvgIpc) is 1.89. The summed E-state index contributed by atoms with van der Waals surface area (Å²) in [6.45, 7) is 0.822. The zero-order valence-electron chi connectivity index (χ0n) is 5.57. The van der Waals surface area contributed by atoms with E-state index < -0.39 is 18.5 Å². The van der Waals surface area contributed by atoms with E-state index in [-0.39, 0.29) is 6.42 Å². The van der Waals surface area contributed by atoms with Crippen LogP contribution in [-0.4, -0.2) is 33.9 Å². The summed E-state index contributed by atoms with van der Waals surface area (Å²) in [5, 5.41) is 22.7. The number of carboxylic acids is 2. The highest BCUT2D eigenvalue weighted by atomic mass is 16.4. The summed E-state index contributed by atoms with van der Waals surface area (Å²) in [4.78, 5) is 18.5. The second kappa shape index (κ2) is 7.90. The Labute approximate surface area is 57.9 Å². The largest absolute Gasteiger partial charge is 0.481 e. The van der Waals surface area contributed by atoms with Crippen molar-refractivity contribution in [2.45, 2.75) is 13.3 Å². The number of aliphatic hydroxyl groups is 1. The number of hydrogen-bond donors (Lipinski definition) is 3. The normalized spacial score (nSPS) is 7.40. The summed E-state index contributed by atoms with van der Waals surface area (Å²) in [5.41, 5.74) is 0. The van der Waals surface area contributed by atoms with E-state index in [0.717, 1.165) is 0 Å². The highest BCUT2D eigenvalue weighted by Crippen LogP contribution is 1.67. The zero-order chi connectivity index (χ0) is 8.57. The third-order valence-corrected chi connectivity index (χ3v) is 0.438. The van der Waals surface area contributed by atoms with Gasteiger partial charge in [-0.3, -0.25) is 4.79 Å². The minimum Gasteiger partial charge on any atom is -0.481 e. The van der Waals surface area contributed by atoms with Crippen molar-refractivity contribution in [1.29, 1.82) is 0 Å². The van der Waals surface area contributed by atoms with Gasteiger partial charge in [0.05, 0.1) is 0 Å². The number of aliphatic hydroxyl groups excluding tert-OH is 1. The second-order valence-corrected chi connectivity index (χ2v) is 1.30. The lowest BCUT2D eigenvalue weighted by Gasteiger charge is -1.72. The van der Waals surface area contributed by atoms with Crippen LogP contribution in [0.2, 0.25) is 0 Å². The smallest absolute Gasteiger partial charge is 0.329 e. The summed E-state index contributed by atoms with van der Waals surface area (Å²) < 4.78 is 0. The van der Waals surface area contributed by atoms with E-state index in [1.54, 1.807) is 6.92 Å². The lowest BCUT2D eigenvalue weighted by Crippen LogP contribution is -1.98. The van der Waals surface area contributed by atoms with Crippen molar-refractivity contribution in [2.75, 3.05) is 6.61 Å². The van der Waals surface area contributed by atoms with E-state index in [2.05, 4.69) is 0 Å². The van der Waals surface area contributed by atoms with E-state index in [0.29, 0.717) is 0 Å². The molecule has 0 fully saturated rings. The van der Waals surface area contributed by atoms with Crippen LogP contribution in [0.3, 0.4) is 0 Å². The van der Waals surface area contributed by atoms with Crippen LogP contribution in [0, 0.1) is 0 Å². The van der Waals surface area contributed by atoms with Crippen LogP contribution in [-0.2, 0) is 9.59 Å². The quantitative estimate of drug-likeness (QED) is 0.495. The van der Waals surface area contributed by atoms with Crippen molar-refractivity contribution in [2.24, 2.45) is 0 Å². The molecular weight excluding hydrogens is 140 g/mol. The molecule has 0 aliphatic rings. The number of carboxylic acid groups (broad SMARTS) is 2. The molecule has 0 saturated heterocycles. The van der Waals surface area contributed by atoms with Gasteiger partial charge in [0, 0.05) is 6.42 Å². The molecule has 0 aromatic rings. The summed E-state index contributed by atoms with van der Waals surface area (Å²) in [5.74, 6) is -1.94. The molecule has 0 aromatic carbocycles. The third-order valence-electron chi connectivity index (χ3n) is 0.438. The first-order chi connectivity index (χ1) is 4.54. The summed E-state index contributed by atoms with van der Waals surface area (Å²) in [6.07, 6.45) is 0.222. The lowest BCUT2D eigenvalue weighted by molar-refractivity contribution is -0.140. The highest BCUT2D eigenvalue weighted by molar-refractivity contribution is 5.67. The van der Waals surface area contributed by atoms with E-state index >= 15 is 0 Å². The molecule has 0 amide bonds. The molecule has 0 atom stereocenters. The van der Waals surface area contributed by atoms with Gasteiger partial charge in [-0.1, -0.05) is 6.92 Å². The van der Waals surface area contributed by atoms with Gasteiger partial charge in [-0.15, -0.1) is 0 Å². The first-order valence-electron chi connectivity index (χ1n) is 2.59. The maximum absolute atomic E-state index is 9.37. The van der Waals surface area contributed by atoms with Gasteiger partial charge in [-0.2, -0.15) is 0 Å². The van der Waals surface area contributed by atoms with Crippen molar-refractivity contribution in [1.82, 2.24) is 0 Å². The fourth-order valence-electron chi connectivity index (χ4n) is 0. The summed E-state index contributed by atoms with van der Waals surface area (Å²) in [7, 11) is 0. The molecule has 0 aromatic heterocycles. The molecule has 5 nitrogen and oxygen atoms in total. The minimum atomic E-state index is -1.19. The lowest BCUT2D eigenvalue weighted by atomic mass is 10.5. The molecule has 60 valence electrons. The Morgan fingerprint density at radius 1 is 1.20 bits per heavy atom. The summed E-state index contributed by atoms with van der Waals surface area (Å²) in [6, 6.07) is 0. The van der Waals surface area contributed by atoms with E-state index in [9.17, 15) is 4.79 Å². The molecule has 0 spiro atoms. The van der Waals surface area contributed by atoms with Gasteiger partial charge in [0.2, 0.25) is 0 Å². The van der Waals surface area contributed by atoms with Gasteiger partial charge < -0.3 is 15.3 Å². The van der Waals surface area contributed by atoms with E-state index in [4.69, 9.17) is 20.1 Å². The van der Waals surface area contributed by atoms with Gasteiger partial charge in [-0.05, 0) is 0 Å². The standard InChI is InChI=1S/C3H6O2.C2H4O3/c1-2-3(4)5;3-1-2(4)5/h2H2,1H3,(H,4,5);3H,1H2,(H,4,5). The van der Waals surface area contributed by atoms with Crippen LogP contribution in [0.25, 0.3) is 0 Å². The van der Waals surface area contributed by atoms with Crippen molar-refractivity contribution in [3.63, 3.8) is 0 Å². The van der Waals surface area contributed by atoms with Gasteiger partial charge >= 0.3 is 11.9 Å². The Morgan fingerprint density at radius 2 is 1.40 bits per heavy atom. The molecule has 10 heavy (non-hydrogen) atoms. The molecule has 0 heterocycles. The maximum Gasteiger partial charge on any atom is 0.329 e. The first kappa shape index (κ1) is 11.7. The SMILES string of the molecule is CCC(=O)O.O=C(O)CO. The maximum atomic E-state index is 9.37. The van der Waals surface area contributed by atoms with Crippen LogP contribution < -0.4 is 0 Å². The van der Waals surface area contributed by atoms with Crippen LogP contribution in [0.1, 0.15) is 13.3 Å². The van der Waals surface area contributed by atoms with E-state index in [1.165, 1.54) is 0 Å². The Hall–Kier alpha value is -1.10. The van der Waals surface area contributed by atoms with Crippen molar-refractivity contribution in [3.8, 4) is 0 Å². The summed E-state index contributed by atoms with van der Waals surface area (Å²) >= 11 is 0. The fourth-order valence-corrected chi connectivity index (χ4v) is 0. The molecule has 0 unspecified atom stereocenters. The Balaban J connectivity index is 0. The molecule has 0 saturated carbocycles. The second-order valence-electron chi connectivity index (χ2n) is 1.30. The molecule has 5 heteroatoms. The van der Waals surface area contributed by atoms with Gasteiger partial charge in [-0.25, -0.2) is 4.79 Å². The number of aliphatic carboxylic acids is 2. The number of carbonyl (C=O) groups is 2. The van der Waals surface area contributed by atoms with Crippen molar-refractivity contribution in [3.05, 3.63) is 0 Å². The minimum absolute atomic E-state index is 0.222. The van der Waals surface area contributed by atoms with Crippen molar-refractivity contribution >= 4 is 11.9 Å². The Bertz CT molecular complexity index is 94.6. The highest BCUT2D eigenvalue weighted by Gasteiger charge is 1.82. The zero-order valence-corrected chi connectivity index (χ0v) is 5.57. The van der Waals surface area contributed by atoms with Gasteiger partial charge in [0.1, 0.15) is 6.61 Å². The molecule has 0 bridgehead atoms. The monoisotopic (exact) mass is 150 g/mol. The van der Waals surface area contributed by atoms with Crippen LogP contribution in [0.15, 0.2) is 0 Å². The van der Waals surface area contributed by atoms with Gasteiger partial charge in [0.15, 0.2) is 0 Å². The molecule has 0 rings (SSSR count). The Morgan fingerprint density at radius 3 is 1.40 bits per heavy atom. The topological polar surface area (TPSA) is 94.8 Å². The molecular formula is C5H10O5. The predicted octanol–water partition coefficient (Wildman–Crippen LogP) is -0.456. The average molecular weight is 150 g/mol. The molecule has 0 aliphatic heterocycles. The molecule has 0 radical (unpaired) electrons. The van der Waals surface area contributed by atoms with Crippen LogP contribution in [0.4, 0.5) is 0 Å². The van der Waals surface area contributed by atoms with Gasteiger partial charge in [0.25, 0.3) is 0 Å². The predicted molar refractivity (Wildman–Crippen MR) is 32.6 cm³/mol.